The van der Waals surface area contributed by atoms with Gasteiger partial charge in [-0.15, -0.1) is 0 Å². The van der Waals surface area contributed by atoms with Crippen LogP contribution in [0.2, 0.25) is 0 Å². The van der Waals surface area contributed by atoms with Gasteiger partial charge in [-0.3, -0.25) is 4.79 Å². The van der Waals surface area contributed by atoms with Gasteiger partial charge >= 0.3 is 0 Å². The average molecular weight is 426 g/mol. The molecule has 166 valence electrons. The van der Waals surface area contributed by atoms with Gasteiger partial charge in [-0.05, 0) is 56.6 Å². The molecule has 0 spiro atoms. The predicted molar refractivity (Wildman–Crippen MR) is 115 cm³/mol. The lowest BCUT2D eigenvalue weighted by Gasteiger charge is -2.50. The molecule has 1 amide bonds. The van der Waals surface area contributed by atoms with Gasteiger partial charge in [0, 0.05) is 19.9 Å². The normalized spacial score (nSPS) is 32.8. The number of hydrogen-bond acceptors (Lipinski definition) is 6. The molecule has 7 heteroatoms. The number of carbonyl (C=O) groups excluding carboxylic acids is 1. The van der Waals surface area contributed by atoms with Crippen molar-refractivity contribution in [3.63, 3.8) is 0 Å². The predicted octanol–water partition coefficient (Wildman–Crippen LogP) is 2.55. The Kier molecular flexibility index (Phi) is 6.10. The van der Waals surface area contributed by atoms with Crippen molar-refractivity contribution in [2.75, 3.05) is 13.7 Å². The summed E-state index contributed by atoms with van der Waals surface area (Å²) in [7, 11) is 1.71. The van der Waals surface area contributed by atoms with E-state index in [1.807, 2.05) is 25.1 Å². The fourth-order valence-electron chi connectivity index (χ4n) is 5.50. The minimum Gasteiger partial charge on any atom is -0.396 e. The highest BCUT2D eigenvalue weighted by Crippen LogP contribution is 2.51. The highest BCUT2D eigenvalue weighted by molar-refractivity contribution is 5.92. The molecule has 1 aromatic carbocycles. The number of likely N-dealkylation sites (N-methyl/N-ethyl adjacent to an activating group) is 1. The molecule has 7 nitrogen and oxygen atoms in total. The number of aromatic nitrogens is 2. The first-order chi connectivity index (χ1) is 14.9. The molecule has 3 heterocycles. The van der Waals surface area contributed by atoms with E-state index in [1.165, 1.54) is 18.1 Å². The van der Waals surface area contributed by atoms with Crippen LogP contribution in [0.4, 0.5) is 0 Å². The Morgan fingerprint density at radius 2 is 2.03 bits per heavy atom. The van der Waals surface area contributed by atoms with Crippen LogP contribution < -0.4 is 0 Å². The minimum absolute atomic E-state index is 0.0219. The molecule has 5 atom stereocenters. The van der Waals surface area contributed by atoms with Crippen molar-refractivity contribution in [3.05, 3.63) is 60.2 Å². The lowest BCUT2D eigenvalue weighted by molar-refractivity contribution is -0.225. The van der Waals surface area contributed by atoms with Crippen LogP contribution in [0.1, 0.15) is 61.0 Å². The third-order valence-corrected chi connectivity index (χ3v) is 7.06. The number of benzene rings is 1. The van der Waals surface area contributed by atoms with Crippen molar-refractivity contribution < 1.29 is 19.7 Å². The maximum absolute atomic E-state index is 13.0. The second-order valence-corrected chi connectivity index (χ2v) is 9.15. The molecule has 2 fully saturated rings. The number of amides is 1. The van der Waals surface area contributed by atoms with Gasteiger partial charge in [0.05, 0.1) is 17.2 Å². The topological polar surface area (TPSA) is 95.8 Å². The fourth-order valence-corrected chi connectivity index (χ4v) is 5.50. The molecule has 2 aliphatic rings. The summed E-state index contributed by atoms with van der Waals surface area (Å²) in [6, 6.07) is 11.5. The number of fused-ring (bicyclic) bond motifs is 2. The van der Waals surface area contributed by atoms with Gasteiger partial charge in [0.15, 0.2) is 0 Å². The van der Waals surface area contributed by atoms with Gasteiger partial charge in [-0.1, -0.05) is 30.3 Å². The van der Waals surface area contributed by atoms with Gasteiger partial charge in [0.1, 0.15) is 18.1 Å². The van der Waals surface area contributed by atoms with Crippen LogP contribution in [0.15, 0.2) is 48.9 Å². The molecule has 2 aromatic rings. The molecule has 0 radical (unpaired) electrons. The number of hydrogen-bond donors (Lipinski definition) is 2. The van der Waals surface area contributed by atoms with Crippen molar-refractivity contribution in [2.45, 2.75) is 68.3 Å². The van der Waals surface area contributed by atoms with Crippen molar-refractivity contribution >= 4 is 5.91 Å². The highest BCUT2D eigenvalue weighted by atomic mass is 16.5. The molecule has 2 bridgehead atoms. The third kappa shape index (κ3) is 4.22. The SMILES string of the molecule is CN(C(=O)c1ccncn1)[C@H]1CC[C@@]2(CCO)C[C@H](c3ccccc3)C[C@](C)(O2)[C@@H]1O. The quantitative estimate of drug-likeness (QED) is 0.764. The average Bonchev–Trinajstić information content (AvgIpc) is 2.86. The first kappa shape index (κ1) is 21.9. The number of ether oxygens (including phenoxy) is 1. The van der Waals surface area contributed by atoms with E-state index < -0.39 is 23.3 Å². The van der Waals surface area contributed by atoms with E-state index in [-0.39, 0.29) is 18.4 Å². The largest absolute Gasteiger partial charge is 0.396 e. The monoisotopic (exact) mass is 425 g/mol. The molecule has 2 saturated heterocycles. The Morgan fingerprint density at radius 1 is 1.26 bits per heavy atom. The maximum atomic E-state index is 13.0. The molecular formula is C24H31N3O4. The Morgan fingerprint density at radius 3 is 2.71 bits per heavy atom. The van der Waals surface area contributed by atoms with Crippen LogP contribution in [0, 0.1) is 0 Å². The summed E-state index contributed by atoms with van der Waals surface area (Å²) in [5, 5.41) is 21.3. The Balaban J connectivity index is 1.66. The van der Waals surface area contributed by atoms with Crippen molar-refractivity contribution in [3.8, 4) is 0 Å². The van der Waals surface area contributed by atoms with Crippen molar-refractivity contribution in [1.82, 2.24) is 14.9 Å². The molecule has 0 aliphatic carbocycles. The number of carbonyl (C=O) groups is 1. The zero-order chi connectivity index (χ0) is 22.1. The lowest BCUT2D eigenvalue weighted by Crippen LogP contribution is -2.58. The van der Waals surface area contributed by atoms with Crippen LogP contribution in [0.25, 0.3) is 0 Å². The van der Waals surface area contributed by atoms with Crippen LogP contribution in [-0.2, 0) is 4.74 Å². The first-order valence-corrected chi connectivity index (χ1v) is 10.9. The van der Waals surface area contributed by atoms with E-state index in [0.29, 0.717) is 31.4 Å². The summed E-state index contributed by atoms with van der Waals surface area (Å²) in [5.41, 5.74) is 0.150. The molecule has 31 heavy (non-hydrogen) atoms. The van der Waals surface area contributed by atoms with Gasteiger partial charge in [-0.25, -0.2) is 9.97 Å². The van der Waals surface area contributed by atoms with Gasteiger partial charge in [0.2, 0.25) is 0 Å². The maximum Gasteiger partial charge on any atom is 0.272 e. The van der Waals surface area contributed by atoms with E-state index in [1.54, 1.807) is 18.0 Å². The van der Waals surface area contributed by atoms with E-state index in [0.717, 1.165) is 6.42 Å². The first-order valence-electron chi connectivity index (χ1n) is 10.9. The minimum atomic E-state index is -0.865. The Labute approximate surface area is 183 Å². The van der Waals surface area contributed by atoms with E-state index in [9.17, 15) is 15.0 Å². The summed E-state index contributed by atoms with van der Waals surface area (Å²) in [5.74, 6) is -0.0370. The molecule has 2 aliphatic heterocycles. The van der Waals surface area contributed by atoms with Crippen LogP contribution in [0.5, 0.6) is 0 Å². The fraction of sp³-hybridized carbons (Fsp3) is 0.542. The third-order valence-electron chi connectivity index (χ3n) is 7.06. The molecule has 4 rings (SSSR count). The van der Waals surface area contributed by atoms with Crippen LogP contribution >= 0.6 is 0 Å². The van der Waals surface area contributed by atoms with Crippen LogP contribution in [-0.4, -0.2) is 68.0 Å². The molecular weight excluding hydrogens is 394 g/mol. The number of rotatable bonds is 5. The molecule has 1 aromatic heterocycles. The summed E-state index contributed by atoms with van der Waals surface area (Å²) in [6.07, 6.45) is 5.22. The van der Waals surface area contributed by atoms with E-state index in [4.69, 9.17) is 4.74 Å². The van der Waals surface area contributed by atoms with E-state index >= 15 is 0 Å². The zero-order valence-electron chi connectivity index (χ0n) is 18.1. The van der Waals surface area contributed by atoms with Crippen molar-refractivity contribution in [2.24, 2.45) is 0 Å². The summed E-state index contributed by atoms with van der Waals surface area (Å²) < 4.78 is 6.62. The zero-order valence-corrected chi connectivity index (χ0v) is 18.1. The molecule has 0 saturated carbocycles. The summed E-state index contributed by atoms with van der Waals surface area (Å²) in [6.45, 7) is 1.97. The number of aliphatic hydroxyl groups excluding tert-OH is 2. The van der Waals surface area contributed by atoms with E-state index in [2.05, 4.69) is 22.1 Å². The van der Waals surface area contributed by atoms with Crippen LogP contribution in [0.3, 0.4) is 0 Å². The lowest BCUT2D eigenvalue weighted by atomic mass is 9.73. The second-order valence-electron chi connectivity index (χ2n) is 9.15. The second kappa shape index (κ2) is 8.65. The van der Waals surface area contributed by atoms with Gasteiger partial charge < -0.3 is 19.8 Å². The summed E-state index contributed by atoms with van der Waals surface area (Å²) in [4.78, 5) is 22.6. The highest BCUT2D eigenvalue weighted by Gasteiger charge is 2.55. The number of nitrogens with zero attached hydrogens (tertiary/aromatic N) is 3. The summed E-state index contributed by atoms with van der Waals surface area (Å²) >= 11 is 0. The van der Waals surface area contributed by atoms with Gasteiger partial charge in [0.25, 0.3) is 5.91 Å². The Bertz CT molecular complexity index is 896. The molecule has 0 unspecified atom stereocenters. The smallest absolute Gasteiger partial charge is 0.272 e. The van der Waals surface area contributed by atoms with Gasteiger partial charge in [-0.2, -0.15) is 0 Å². The van der Waals surface area contributed by atoms with Crippen molar-refractivity contribution in [1.29, 1.82) is 0 Å². The number of aliphatic hydroxyl groups is 2. The Hall–Kier alpha value is -2.35. The standard InChI is InChI=1S/C24H31N3O4/c1-23-14-18(17-6-4-3-5-7-17)15-24(31-23,11-13-28)10-8-20(21(23)29)27(2)22(30)19-9-12-25-16-26-19/h3-7,9,12,16,18,20-21,28-29H,8,10-11,13-15H2,1-2H3/t18-,20+,21-,23+,24-/m1/s1. The molecule has 2 N–H and O–H groups in total.